The van der Waals surface area contributed by atoms with E-state index in [1.807, 2.05) is 0 Å². The fourth-order valence-electron chi connectivity index (χ4n) is 1.33. The predicted octanol–water partition coefficient (Wildman–Crippen LogP) is 3.32. The molecule has 0 aliphatic heterocycles. The number of halogens is 2. The lowest BCUT2D eigenvalue weighted by Crippen LogP contribution is -1.97. The zero-order valence-electron chi connectivity index (χ0n) is 9.23. The highest BCUT2D eigenvalue weighted by molar-refractivity contribution is 6.29. The van der Waals surface area contributed by atoms with Crippen LogP contribution in [0.15, 0.2) is 36.5 Å². The monoisotopic (exact) mass is 262 g/mol. The maximum Gasteiger partial charge on any atom is 0.144 e. The van der Waals surface area contributed by atoms with Crippen LogP contribution in [0.1, 0.15) is 11.1 Å². The van der Waals surface area contributed by atoms with Gasteiger partial charge in [0, 0.05) is 17.8 Å². The van der Waals surface area contributed by atoms with Gasteiger partial charge in [-0.05, 0) is 18.2 Å². The number of nitrogens with zero attached hydrogens (tertiary/aromatic N) is 2. The number of hydrogen-bond donors (Lipinski definition) is 0. The Morgan fingerprint density at radius 2 is 2.17 bits per heavy atom. The van der Waals surface area contributed by atoms with E-state index in [1.165, 1.54) is 12.1 Å². The molecule has 0 fully saturated rings. The minimum atomic E-state index is -0.593. The van der Waals surface area contributed by atoms with E-state index in [0.29, 0.717) is 10.9 Å². The van der Waals surface area contributed by atoms with Crippen molar-refractivity contribution in [2.75, 3.05) is 0 Å². The van der Waals surface area contributed by atoms with E-state index in [0.717, 1.165) is 5.56 Å². The smallest absolute Gasteiger partial charge is 0.144 e. The summed E-state index contributed by atoms with van der Waals surface area (Å²) >= 11 is 5.65. The van der Waals surface area contributed by atoms with Crippen LogP contribution >= 0.6 is 11.6 Å². The third-order valence-electron chi connectivity index (χ3n) is 2.26. The van der Waals surface area contributed by atoms with Crippen LogP contribution in [0.3, 0.4) is 0 Å². The molecule has 0 unspecified atom stereocenters. The van der Waals surface area contributed by atoms with E-state index in [4.69, 9.17) is 21.6 Å². The van der Waals surface area contributed by atoms with Gasteiger partial charge in [-0.2, -0.15) is 5.26 Å². The second-order valence-electron chi connectivity index (χ2n) is 3.53. The first kappa shape index (κ1) is 12.3. The van der Waals surface area contributed by atoms with Crippen LogP contribution in [0, 0.1) is 17.1 Å². The Balaban J connectivity index is 2.04. The summed E-state index contributed by atoms with van der Waals surface area (Å²) in [6.45, 7) is 0.259. The van der Waals surface area contributed by atoms with Crippen molar-refractivity contribution in [1.29, 1.82) is 5.26 Å². The number of hydrogen-bond acceptors (Lipinski definition) is 3. The lowest BCUT2D eigenvalue weighted by Gasteiger charge is -2.06. The highest BCUT2D eigenvalue weighted by Gasteiger charge is 2.03. The molecule has 0 saturated carbocycles. The fourth-order valence-corrected chi connectivity index (χ4v) is 1.45. The van der Waals surface area contributed by atoms with Crippen LogP contribution in [0.2, 0.25) is 5.15 Å². The molecule has 0 bridgehead atoms. The quantitative estimate of drug-likeness (QED) is 0.797. The molecule has 0 atom stereocenters. The molecule has 0 aliphatic rings. The van der Waals surface area contributed by atoms with Gasteiger partial charge in [-0.3, -0.25) is 0 Å². The molecule has 1 aromatic heterocycles. The van der Waals surface area contributed by atoms with Crippen molar-refractivity contribution in [1.82, 2.24) is 4.98 Å². The van der Waals surface area contributed by atoms with Crippen LogP contribution in [0.4, 0.5) is 4.39 Å². The molecule has 1 aromatic carbocycles. The van der Waals surface area contributed by atoms with Gasteiger partial charge in [0.05, 0.1) is 5.56 Å². The molecule has 0 radical (unpaired) electrons. The first-order chi connectivity index (χ1) is 8.69. The van der Waals surface area contributed by atoms with E-state index in [2.05, 4.69) is 4.98 Å². The molecule has 0 aliphatic carbocycles. The molecule has 0 saturated heterocycles. The number of pyridine rings is 1. The first-order valence-corrected chi connectivity index (χ1v) is 5.50. The Bertz CT molecular complexity index is 593. The normalized spacial score (nSPS) is 9.83. The van der Waals surface area contributed by atoms with Gasteiger partial charge in [0.1, 0.15) is 29.4 Å². The Kier molecular flexibility index (Phi) is 3.75. The highest BCUT2D eigenvalue weighted by Crippen LogP contribution is 2.17. The van der Waals surface area contributed by atoms with E-state index in [1.54, 1.807) is 30.5 Å². The van der Waals surface area contributed by atoms with Gasteiger partial charge in [-0.1, -0.05) is 17.7 Å². The average molecular weight is 263 g/mol. The second kappa shape index (κ2) is 5.48. The van der Waals surface area contributed by atoms with Gasteiger partial charge in [-0.25, -0.2) is 9.37 Å². The maximum atomic E-state index is 13.3. The third-order valence-corrected chi connectivity index (χ3v) is 2.48. The van der Waals surface area contributed by atoms with Gasteiger partial charge in [0.15, 0.2) is 0 Å². The number of ether oxygens (including phenoxy) is 1. The molecule has 0 spiro atoms. The van der Waals surface area contributed by atoms with Gasteiger partial charge in [0.2, 0.25) is 0 Å². The molecule has 2 rings (SSSR count). The molecule has 3 nitrogen and oxygen atoms in total. The zero-order chi connectivity index (χ0) is 13.0. The van der Waals surface area contributed by atoms with Crippen LogP contribution < -0.4 is 4.74 Å². The summed E-state index contributed by atoms with van der Waals surface area (Å²) in [5.41, 5.74) is 0.819. The number of rotatable bonds is 3. The van der Waals surface area contributed by atoms with Crippen LogP contribution in [0.25, 0.3) is 0 Å². The Morgan fingerprint density at radius 1 is 1.33 bits per heavy atom. The standard InChI is InChI=1S/C13H8ClFN2O/c14-13-4-1-9(7-17-13)8-18-11-3-2-10(6-16)12(15)5-11/h1-5,7H,8H2. The molecular formula is C13H8ClFN2O. The molecule has 2 aromatic rings. The predicted molar refractivity (Wildman–Crippen MR) is 64.7 cm³/mol. The van der Waals surface area contributed by atoms with Gasteiger partial charge in [0.25, 0.3) is 0 Å². The van der Waals surface area contributed by atoms with Crippen molar-refractivity contribution >= 4 is 11.6 Å². The van der Waals surface area contributed by atoms with E-state index < -0.39 is 5.82 Å². The molecule has 0 N–H and O–H groups in total. The third kappa shape index (κ3) is 2.96. The lowest BCUT2D eigenvalue weighted by molar-refractivity contribution is 0.304. The van der Waals surface area contributed by atoms with Crippen LogP contribution in [0.5, 0.6) is 5.75 Å². The molecule has 5 heteroatoms. The summed E-state index contributed by atoms with van der Waals surface area (Å²) in [6, 6.07) is 9.28. The summed E-state index contributed by atoms with van der Waals surface area (Å²) < 4.78 is 18.7. The summed E-state index contributed by atoms with van der Waals surface area (Å²) in [7, 11) is 0. The average Bonchev–Trinajstić information content (AvgIpc) is 2.38. The maximum absolute atomic E-state index is 13.3. The summed E-state index contributed by atoms with van der Waals surface area (Å²) in [5.74, 6) is -0.231. The summed E-state index contributed by atoms with van der Waals surface area (Å²) in [6.07, 6.45) is 1.59. The number of nitriles is 1. The molecule has 90 valence electrons. The summed E-state index contributed by atoms with van der Waals surface area (Å²) in [4.78, 5) is 3.90. The Hall–Kier alpha value is -2.12. The minimum absolute atomic E-state index is 0.00416. The Morgan fingerprint density at radius 3 is 2.78 bits per heavy atom. The molecule has 18 heavy (non-hydrogen) atoms. The van der Waals surface area contributed by atoms with Crippen LogP contribution in [-0.4, -0.2) is 4.98 Å². The van der Waals surface area contributed by atoms with Crippen molar-refractivity contribution < 1.29 is 9.13 Å². The van der Waals surface area contributed by atoms with Crippen molar-refractivity contribution in [2.24, 2.45) is 0 Å². The van der Waals surface area contributed by atoms with Crippen molar-refractivity contribution in [3.8, 4) is 11.8 Å². The topological polar surface area (TPSA) is 45.9 Å². The van der Waals surface area contributed by atoms with Gasteiger partial charge in [-0.15, -0.1) is 0 Å². The SMILES string of the molecule is N#Cc1ccc(OCc2ccc(Cl)nc2)cc1F. The van der Waals surface area contributed by atoms with E-state index in [-0.39, 0.29) is 12.2 Å². The largest absolute Gasteiger partial charge is 0.489 e. The van der Waals surface area contributed by atoms with Crippen molar-refractivity contribution in [2.45, 2.75) is 6.61 Å². The second-order valence-corrected chi connectivity index (χ2v) is 3.92. The number of benzene rings is 1. The minimum Gasteiger partial charge on any atom is -0.489 e. The molecule has 0 amide bonds. The van der Waals surface area contributed by atoms with Gasteiger partial charge >= 0.3 is 0 Å². The first-order valence-electron chi connectivity index (χ1n) is 5.12. The fraction of sp³-hybridized carbons (Fsp3) is 0.0769. The van der Waals surface area contributed by atoms with Gasteiger partial charge < -0.3 is 4.74 Å². The van der Waals surface area contributed by atoms with E-state index >= 15 is 0 Å². The van der Waals surface area contributed by atoms with E-state index in [9.17, 15) is 4.39 Å². The number of aromatic nitrogens is 1. The Labute approximate surface area is 108 Å². The zero-order valence-corrected chi connectivity index (χ0v) is 9.99. The van der Waals surface area contributed by atoms with Crippen molar-refractivity contribution in [3.63, 3.8) is 0 Å². The summed E-state index contributed by atoms with van der Waals surface area (Å²) in [5, 5.41) is 9.00. The van der Waals surface area contributed by atoms with Crippen molar-refractivity contribution in [3.05, 3.63) is 58.6 Å². The van der Waals surface area contributed by atoms with Crippen LogP contribution in [-0.2, 0) is 6.61 Å². The molecule has 1 heterocycles. The lowest BCUT2D eigenvalue weighted by atomic mass is 10.2. The molecular weight excluding hydrogens is 255 g/mol. The highest BCUT2D eigenvalue weighted by atomic mass is 35.5.